The smallest absolute Gasteiger partial charge is 0.130 e. The zero-order valence-electron chi connectivity index (χ0n) is 10.4. The van der Waals surface area contributed by atoms with Crippen LogP contribution in [0.1, 0.15) is 28.2 Å². The zero-order valence-corrected chi connectivity index (χ0v) is 11.3. The van der Waals surface area contributed by atoms with Gasteiger partial charge in [-0.25, -0.2) is 9.97 Å². The molecule has 4 heteroatoms. The lowest BCUT2D eigenvalue weighted by Gasteiger charge is -2.06. The number of nitrogens with zero attached hydrogens (tertiary/aromatic N) is 2. The lowest BCUT2D eigenvalue weighted by molar-refractivity contribution is 0.943. The van der Waals surface area contributed by atoms with Crippen molar-refractivity contribution in [1.29, 1.82) is 0 Å². The molecule has 2 aromatic rings. The molecule has 0 unspecified atom stereocenters. The highest BCUT2D eigenvalue weighted by Crippen LogP contribution is 2.16. The van der Waals surface area contributed by atoms with Gasteiger partial charge in [-0.3, -0.25) is 0 Å². The Morgan fingerprint density at radius 1 is 1.24 bits per heavy atom. The standard InChI is InChI=1S/C13H17N3S/c1-4-11-7-13(16-10(3)15-11)14-8-12-6-5-9(2)17-12/h5-7H,4,8H2,1-3H3,(H,14,15,16). The third kappa shape index (κ3) is 3.27. The van der Waals surface area contributed by atoms with E-state index in [-0.39, 0.29) is 0 Å². The summed E-state index contributed by atoms with van der Waals surface area (Å²) in [6.45, 7) is 6.99. The summed E-state index contributed by atoms with van der Waals surface area (Å²) in [5.41, 5.74) is 1.09. The van der Waals surface area contributed by atoms with Crippen LogP contribution in [0.3, 0.4) is 0 Å². The van der Waals surface area contributed by atoms with Crippen molar-refractivity contribution in [1.82, 2.24) is 9.97 Å². The van der Waals surface area contributed by atoms with Crippen LogP contribution in [0.25, 0.3) is 0 Å². The lowest BCUT2D eigenvalue weighted by atomic mass is 10.3. The quantitative estimate of drug-likeness (QED) is 0.900. The Labute approximate surface area is 106 Å². The van der Waals surface area contributed by atoms with Gasteiger partial charge in [-0.2, -0.15) is 0 Å². The van der Waals surface area contributed by atoms with Crippen LogP contribution in [0.5, 0.6) is 0 Å². The molecular formula is C13H17N3S. The summed E-state index contributed by atoms with van der Waals surface area (Å²) in [7, 11) is 0. The van der Waals surface area contributed by atoms with Gasteiger partial charge >= 0.3 is 0 Å². The van der Waals surface area contributed by atoms with Crippen LogP contribution in [-0.2, 0) is 13.0 Å². The van der Waals surface area contributed by atoms with Gasteiger partial charge in [0.05, 0.1) is 6.54 Å². The Bertz CT molecular complexity index is 505. The van der Waals surface area contributed by atoms with Gasteiger partial charge in [-0.05, 0) is 32.4 Å². The van der Waals surface area contributed by atoms with E-state index in [1.54, 1.807) is 0 Å². The fourth-order valence-electron chi connectivity index (χ4n) is 1.66. The van der Waals surface area contributed by atoms with Crippen molar-refractivity contribution in [2.24, 2.45) is 0 Å². The Morgan fingerprint density at radius 2 is 2.06 bits per heavy atom. The summed E-state index contributed by atoms with van der Waals surface area (Å²) in [4.78, 5) is 11.4. The molecule has 17 heavy (non-hydrogen) atoms. The highest BCUT2D eigenvalue weighted by atomic mass is 32.1. The second-order valence-corrected chi connectivity index (χ2v) is 5.38. The number of aryl methyl sites for hydroxylation is 3. The summed E-state index contributed by atoms with van der Waals surface area (Å²) in [5.74, 6) is 1.75. The molecule has 0 spiro atoms. The third-order valence-corrected chi connectivity index (χ3v) is 3.49. The van der Waals surface area contributed by atoms with E-state index in [4.69, 9.17) is 0 Å². The third-order valence-electron chi connectivity index (χ3n) is 2.49. The number of rotatable bonds is 4. The molecule has 2 aromatic heterocycles. The van der Waals surface area contributed by atoms with E-state index in [0.717, 1.165) is 30.3 Å². The molecule has 0 fully saturated rings. The van der Waals surface area contributed by atoms with Gasteiger partial charge in [-0.15, -0.1) is 11.3 Å². The van der Waals surface area contributed by atoms with E-state index in [9.17, 15) is 0 Å². The maximum absolute atomic E-state index is 4.39. The fourth-order valence-corrected chi connectivity index (χ4v) is 2.49. The minimum Gasteiger partial charge on any atom is -0.365 e. The molecule has 0 aromatic carbocycles. The predicted molar refractivity (Wildman–Crippen MR) is 72.5 cm³/mol. The van der Waals surface area contributed by atoms with Gasteiger partial charge in [0.1, 0.15) is 11.6 Å². The molecule has 0 bridgehead atoms. The highest BCUT2D eigenvalue weighted by Gasteiger charge is 2.01. The molecule has 0 atom stereocenters. The normalized spacial score (nSPS) is 10.5. The molecule has 0 aliphatic rings. The molecule has 90 valence electrons. The Balaban J connectivity index is 2.05. The second kappa shape index (κ2) is 5.27. The van der Waals surface area contributed by atoms with Crippen molar-refractivity contribution in [2.75, 3.05) is 5.32 Å². The zero-order chi connectivity index (χ0) is 12.3. The van der Waals surface area contributed by atoms with Gasteiger partial charge in [0, 0.05) is 21.5 Å². The van der Waals surface area contributed by atoms with Crippen molar-refractivity contribution in [3.05, 3.63) is 39.5 Å². The Kier molecular flexibility index (Phi) is 3.74. The largest absolute Gasteiger partial charge is 0.365 e. The molecule has 0 aliphatic carbocycles. The minimum atomic E-state index is 0.828. The van der Waals surface area contributed by atoms with E-state index in [2.05, 4.69) is 41.3 Å². The first-order chi connectivity index (χ1) is 8.17. The molecule has 3 nitrogen and oxygen atoms in total. The monoisotopic (exact) mass is 247 g/mol. The predicted octanol–water partition coefficient (Wildman–Crippen LogP) is 3.33. The number of anilines is 1. The van der Waals surface area contributed by atoms with Gasteiger partial charge in [0.2, 0.25) is 0 Å². The number of thiophene rings is 1. The molecule has 0 amide bonds. The average molecular weight is 247 g/mol. The SMILES string of the molecule is CCc1cc(NCc2ccc(C)s2)nc(C)n1. The Hall–Kier alpha value is -1.42. The molecule has 0 aliphatic heterocycles. The molecule has 0 radical (unpaired) electrons. The average Bonchev–Trinajstić information content (AvgIpc) is 2.72. The van der Waals surface area contributed by atoms with Crippen LogP contribution >= 0.6 is 11.3 Å². The lowest BCUT2D eigenvalue weighted by Crippen LogP contribution is -2.03. The second-order valence-electron chi connectivity index (χ2n) is 4.01. The van der Waals surface area contributed by atoms with Crippen molar-refractivity contribution < 1.29 is 0 Å². The van der Waals surface area contributed by atoms with Crippen LogP contribution in [0.2, 0.25) is 0 Å². The van der Waals surface area contributed by atoms with Crippen molar-refractivity contribution >= 4 is 17.2 Å². The molecule has 2 heterocycles. The van der Waals surface area contributed by atoms with Gasteiger partial charge in [0.15, 0.2) is 0 Å². The van der Waals surface area contributed by atoms with Crippen molar-refractivity contribution in [2.45, 2.75) is 33.7 Å². The molecule has 2 rings (SSSR count). The number of nitrogens with one attached hydrogen (secondary N) is 1. The Morgan fingerprint density at radius 3 is 2.71 bits per heavy atom. The minimum absolute atomic E-state index is 0.828. The summed E-state index contributed by atoms with van der Waals surface area (Å²) >= 11 is 1.82. The van der Waals surface area contributed by atoms with Crippen molar-refractivity contribution in [3.63, 3.8) is 0 Å². The topological polar surface area (TPSA) is 37.8 Å². The van der Waals surface area contributed by atoms with Gasteiger partial charge < -0.3 is 5.32 Å². The van der Waals surface area contributed by atoms with Crippen LogP contribution in [0.4, 0.5) is 5.82 Å². The van der Waals surface area contributed by atoms with Crippen LogP contribution < -0.4 is 5.32 Å². The molecular weight excluding hydrogens is 230 g/mol. The molecule has 0 saturated carbocycles. The van der Waals surface area contributed by atoms with Gasteiger partial charge in [-0.1, -0.05) is 6.92 Å². The first-order valence-electron chi connectivity index (χ1n) is 5.81. The summed E-state index contributed by atoms with van der Waals surface area (Å²) < 4.78 is 0. The van der Waals surface area contributed by atoms with E-state index < -0.39 is 0 Å². The molecule has 0 saturated heterocycles. The first-order valence-corrected chi connectivity index (χ1v) is 6.62. The number of hydrogen-bond donors (Lipinski definition) is 1. The maximum atomic E-state index is 4.39. The highest BCUT2D eigenvalue weighted by molar-refractivity contribution is 7.11. The molecule has 1 N–H and O–H groups in total. The van der Waals surface area contributed by atoms with Gasteiger partial charge in [0.25, 0.3) is 0 Å². The van der Waals surface area contributed by atoms with Crippen LogP contribution in [0, 0.1) is 13.8 Å². The van der Waals surface area contributed by atoms with Crippen LogP contribution in [0.15, 0.2) is 18.2 Å². The number of aromatic nitrogens is 2. The first kappa shape index (κ1) is 12.0. The van der Waals surface area contributed by atoms with Crippen LogP contribution in [-0.4, -0.2) is 9.97 Å². The maximum Gasteiger partial charge on any atom is 0.130 e. The number of hydrogen-bond acceptors (Lipinski definition) is 4. The summed E-state index contributed by atoms with van der Waals surface area (Å²) in [5, 5.41) is 3.35. The van der Waals surface area contributed by atoms with E-state index >= 15 is 0 Å². The van der Waals surface area contributed by atoms with E-state index in [0.29, 0.717) is 0 Å². The fraction of sp³-hybridized carbons (Fsp3) is 0.385. The summed E-state index contributed by atoms with van der Waals surface area (Å²) in [6, 6.07) is 6.32. The van der Waals surface area contributed by atoms with E-state index in [1.807, 2.05) is 24.3 Å². The van der Waals surface area contributed by atoms with E-state index in [1.165, 1.54) is 9.75 Å². The van der Waals surface area contributed by atoms with Crippen molar-refractivity contribution in [3.8, 4) is 0 Å². The summed E-state index contributed by atoms with van der Waals surface area (Å²) in [6.07, 6.45) is 0.941.